The lowest BCUT2D eigenvalue weighted by atomic mass is 9.90. The van der Waals surface area contributed by atoms with Crippen LogP contribution in [0, 0.1) is 0 Å². The van der Waals surface area contributed by atoms with Crippen LogP contribution >= 0.6 is 35.6 Å². The van der Waals surface area contributed by atoms with E-state index in [9.17, 15) is 4.79 Å². The number of hydrogen-bond donors (Lipinski definition) is 2. The Morgan fingerprint density at radius 3 is 2.50 bits per heavy atom. The fraction of sp³-hybridized carbons (Fsp3) is 0.316. The predicted octanol–water partition coefficient (Wildman–Crippen LogP) is 4.21. The molecule has 0 aromatic heterocycles. The van der Waals surface area contributed by atoms with Crippen LogP contribution in [0.4, 0.5) is 0 Å². The van der Waals surface area contributed by atoms with Gasteiger partial charge in [-0.1, -0.05) is 53.5 Å². The highest BCUT2D eigenvalue weighted by Gasteiger charge is 2.35. The van der Waals surface area contributed by atoms with E-state index in [-0.39, 0.29) is 18.3 Å². The molecule has 2 aromatic rings. The number of amides is 1. The number of carbonyl (C=O) groups excluding carboxylic acids is 1. The number of nitrogens with two attached hydrogens (primary N) is 1. The lowest BCUT2D eigenvalue weighted by molar-refractivity contribution is -0.129. The molecule has 140 valence electrons. The van der Waals surface area contributed by atoms with Gasteiger partial charge in [0.15, 0.2) is 0 Å². The van der Waals surface area contributed by atoms with Gasteiger partial charge in [-0.2, -0.15) is 0 Å². The third-order valence-corrected chi connectivity index (χ3v) is 5.06. The van der Waals surface area contributed by atoms with E-state index in [1.165, 1.54) is 0 Å². The van der Waals surface area contributed by atoms with Crippen LogP contribution in [0.3, 0.4) is 0 Å². The SMILES string of the molecule is Cl.NC1(C(=O)NCc2ccccc2-c2ccc(Cl)cc2Cl)CCOCC1. The maximum atomic E-state index is 12.5. The molecular weight excluding hydrogens is 395 g/mol. The Morgan fingerprint density at radius 1 is 1.12 bits per heavy atom. The Balaban J connectivity index is 0.00000243. The zero-order valence-corrected chi connectivity index (χ0v) is 16.5. The average Bonchev–Trinajstić information content (AvgIpc) is 2.61. The predicted molar refractivity (Wildman–Crippen MR) is 108 cm³/mol. The molecule has 0 bridgehead atoms. The number of hydrogen-bond acceptors (Lipinski definition) is 3. The van der Waals surface area contributed by atoms with Gasteiger partial charge in [-0.25, -0.2) is 0 Å². The molecule has 1 aliphatic rings. The summed E-state index contributed by atoms with van der Waals surface area (Å²) in [6.07, 6.45) is 1.06. The van der Waals surface area contributed by atoms with Crippen LogP contribution in [0.2, 0.25) is 10.0 Å². The van der Waals surface area contributed by atoms with Crippen molar-refractivity contribution in [1.29, 1.82) is 0 Å². The molecule has 1 heterocycles. The molecule has 0 unspecified atom stereocenters. The minimum absolute atomic E-state index is 0. The first kappa shape index (κ1) is 21.0. The second-order valence-corrected chi connectivity index (χ2v) is 7.08. The molecular formula is C19H21Cl3N2O2. The molecule has 3 N–H and O–H groups in total. The van der Waals surface area contributed by atoms with Gasteiger partial charge in [0.25, 0.3) is 0 Å². The Bertz CT molecular complexity index is 777. The minimum atomic E-state index is -0.856. The van der Waals surface area contributed by atoms with E-state index in [0.29, 0.717) is 42.6 Å². The van der Waals surface area contributed by atoms with Crippen molar-refractivity contribution in [3.05, 3.63) is 58.1 Å². The summed E-state index contributed by atoms with van der Waals surface area (Å²) in [5.74, 6) is -0.146. The number of ether oxygens (including phenoxy) is 1. The van der Waals surface area contributed by atoms with Crippen LogP contribution in [0.5, 0.6) is 0 Å². The van der Waals surface area contributed by atoms with Crippen LogP contribution in [0.25, 0.3) is 11.1 Å². The third-order valence-electron chi connectivity index (χ3n) is 4.52. The molecule has 2 aromatic carbocycles. The van der Waals surface area contributed by atoms with Gasteiger partial charge in [0.2, 0.25) is 5.91 Å². The Labute approximate surface area is 169 Å². The first-order valence-electron chi connectivity index (χ1n) is 8.18. The van der Waals surface area contributed by atoms with Crippen molar-refractivity contribution in [3.63, 3.8) is 0 Å². The molecule has 3 rings (SSSR count). The molecule has 7 heteroatoms. The molecule has 1 fully saturated rings. The molecule has 1 amide bonds. The van der Waals surface area contributed by atoms with E-state index < -0.39 is 5.54 Å². The third kappa shape index (κ3) is 4.70. The topological polar surface area (TPSA) is 64.4 Å². The van der Waals surface area contributed by atoms with Crippen LogP contribution in [-0.2, 0) is 16.1 Å². The summed E-state index contributed by atoms with van der Waals surface area (Å²) in [7, 11) is 0. The molecule has 0 aliphatic carbocycles. The lowest BCUT2D eigenvalue weighted by Gasteiger charge is -2.31. The Kier molecular flexibility index (Phi) is 7.33. The molecule has 26 heavy (non-hydrogen) atoms. The van der Waals surface area contributed by atoms with Gasteiger partial charge >= 0.3 is 0 Å². The molecule has 0 spiro atoms. The zero-order chi connectivity index (χ0) is 17.9. The maximum Gasteiger partial charge on any atom is 0.240 e. The number of benzene rings is 2. The highest BCUT2D eigenvalue weighted by Crippen LogP contribution is 2.32. The van der Waals surface area contributed by atoms with Gasteiger partial charge in [-0.05, 0) is 36.1 Å². The van der Waals surface area contributed by atoms with Gasteiger partial charge in [0, 0.05) is 35.4 Å². The van der Waals surface area contributed by atoms with Crippen molar-refractivity contribution in [3.8, 4) is 11.1 Å². The summed E-state index contributed by atoms with van der Waals surface area (Å²) in [4.78, 5) is 12.5. The number of nitrogens with one attached hydrogen (secondary N) is 1. The zero-order valence-electron chi connectivity index (χ0n) is 14.1. The van der Waals surface area contributed by atoms with Crippen molar-refractivity contribution >= 4 is 41.5 Å². The Hall–Kier alpha value is -1.30. The average molecular weight is 416 g/mol. The molecule has 1 aliphatic heterocycles. The highest BCUT2D eigenvalue weighted by molar-refractivity contribution is 6.36. The van der Waals surface area contributed by atoms with Crippen molar-refractivity contribution in [2.24, 2.45) is 5.73 Å². The van der Waals surface area contributed by atoms with Gasteiger partial charge in [0.05, 0.1) is 5.54 Å². The molecule has 0 atom stereocenters. The normalized spacial score (nSPS) is 15.8. The summed E-state index contributed by atoms with van der Waals surface area (Å²) in [6, 6.07) is 13.2. The highest BCUT2D eigenvalue weighted by atomic mass is 35.5. The van der Waals surface area contributed by atoms with Gasteiger partial charge in [-0.3, -0.25) is 4.79 Å². The van der Waals surface area contributed by atoms with E-state index in [2.05, 4.69) is 5.32 Å². The van der Waals surface area contributed by atoms with Crippen molar-refractivity contribution in [1.82, 2.24) is 5.32 Å². The summed E-state index contributed by atoms with van der Waals surface area (Å²) in [5, 5.41) is 4.12. The number of halogens is 3. The van der Waals surface area contributed by atoms with Gasteiger partial charge in [-0.15, -0.1) is 12.4 Å². The van der Waals surface area contributed by atoms with Crippen LogP contribution in [-0.4, -0.2) is 24.7 Å². The second kappa shape index (κ2) is 9.07. The van der Waals surface area contributed by atoms with Crippen molar-refractivity contribution in [2.75, 3.05) is 13.2 Å². The maximum absolute atomic E-state index is 12.5. The van der Waals surface area contributed by atoms with E-state index in [1.54, 1.807) is 12.1 Å². The first-order chi connectivity index (χ1) is 12.0. The summed E-state index contributed by atoms with van der Waals surface area (Å²) in [5.41, 5.74) is 8.18. The number of carbonyl (C=O) groups is 1. The van der Waals surface area contributed by atoms with Gasteiger partial charge in [0.1, 0.15) is 0 Å². The van der Waals surface area contributed by atoms with E-state index >= 15 is 0 Å². The molecule has 4 nitrogen and oxygen atoms in total. The largest absolute Gasteiger partial charge is 0.381 e. The van der Waals surface area contributed by atoms with E-state index in [4.69, 9.17) is 33.7 Å². The second-order valence-electron chi connectivity index (χ2n) is 6.23. The number of rotatable bonds is 4. The van der Waals surface area contributed by atoms with E-state index in [0.717, 1.165) is 16.7 Å². The van der Waals surface area contributed by atoms with Crippen LogP contribution < -0.4 is 11.1 Å². The fourth-order valence-corrected chi connectivity index (χ4v) is 3.47. The van der Waals surface area contributed by atoms with Crippen LogP contribution in [0.1, 0.15) is 18.4 Å². The smallest absolute Gasteiger partial charge is 0.240 e. The monoisotopic (exact) mass is 414 g/mol. The van der Waals surface area contributed by atoms with E-state index in [1.807, 2.05) is 30.3 Å². The minimum Gasteiger partial charge on any atom is -0.381 e. The molecule has 0 saturated carbocycles. The quantitative estimate of drug-likeness (QED) is 0.786. The molecule has 1 saturated heterocycles. The summed E-state index contributed by atoms with van der Waals surface area (Å²) < 4.78 is 5.29. The first-order valence-corrected chi connectivity index (χ1v) is 8.93. The summed E-state index contributed by atoms with van der Waals surface area (Å²) in [6.45, 7) is 1.41. The van der Waals surface area contributed by atoms with Crippen molar-refractivity contribution in [2.45, 2.75) is 24.9 Å². The lowest BCUT2D eigenvalue weighted by Crippen LogP contribution is -2.56. The molecule has 0 radical (unpaired) electrons. The van der Waals surface area contributed by atoms with Crippen molar-refractivity contribution < 1.29 is 9.53 Å². The fourth-order valence-electron chi connectivity index (χ4n) is 2.96. The van der Waals surface area contributed by atoms with Gasteiger partial charge < -0.3 is 15.8 Å². The summed E-state index contributed by atoms with van der Waals surface area (Å²) >= 11 is 12.3. The van der Waals surface area contributed by atoms with Crippen LogP contribution in [0.15, 0.2) is 42.5 Å². The standard InChI is InChI=1S/C19H20Cl2N2O2.ClH/c20-14-5-6-16(17(21)11-14)15-4-2-1-3-13(15)12-23-18(24)19(22)7-9-25-10-8-19;/h1-6,11H,7-10,12,22H2,(H,23,24);1H. The Morgan fingerprint density at radius 2 is 1.81 bits per heavy atom.